The highest BCUT2D eigenvalue weighted by Crippen LogP contribution is 2.34. The zero-order valence-corrected chi connectivity index (χ0v) is 14.1. The van der Waals surface area contributed by atoms with E-state index in [1.165, 1.54) is 25.0 Å². The summed E-state index contributed by atoms with van der Waals surface area (Å²) < 4.78 is 13.5. The molecule has 2 unspecified atom stereocenters. The van der Waals surface area contributed by atoms with Crippen LogP contribution < -0.4 is 5.32 Å². The zero-order chi connectivity index (χ0) is 14.4. The molecule has 1 aromatic carbocycles. The SMILES string of the molecule is Cl.Cl.O=C(c1ccnc2ccc(F)cc12)C1CC2CCC(C1)N2. The highest BCUT2D eigenvalue weighted by Gasteiger charge is 2.37. The largest absolute Gasteiger partial charge is 0.311 e. The summed E-state index contributed by atoms with van der Waals surface area (Å²) in [5, 5.41) is 4.18. The fraction of sp³-hybridized carbons (Fsp3) is 0.412. The molecule has 1 aromatic heterocycles. The summed E-state index contributed by atoms with van der Waals surface area (Å²) in [6.07, 6.45) is 5.77. The molecule has 23 heavy (non-hydrogen) atoms. The second-order valence-corrected chi connectivity index (χ2v) is 6.19. The number of fused-ring (bicyclic) bond motifs is 3. The average molecular weight is 357 g/mol. The minimum Gasteiger partial charge on any atom is -0.311 e. The molecule has 3 nitrogen and oxygen atoms in total. The first-order chi connectivity index (χ1) is 10.2. The van der Waals surface area contributed by atoms with Gasteiger partial charge in [-0.25, -0.2) is 4.39 Å². The topological polar surface area (TPSA) is 42.0 Å². The third-order valence-electron chi connectivity index (χ3n) is 4.81. The van der Waals surface area contributed by atoms with Gasteiger partial charge in [-0.15, -0.1) is 24.8 Å². The van der Waals surface area contributed by atoms with Crippen molar-refractivity contribution in [3.8, 4) is 0 Å². The van der Waals surface area contributed by atoms with E-state index in [0.29, 0.717) is 28.6 Å². The van der Waals surface area contributed by atoms with Gasteiger partial charge in [0.1, 0.15) is 5.82 Å². The summed E-state index contributed by atoms with van der Waals surface area (Å²) in [5.74, 6) is -0.126. The van der Waals surface area contributed by atoms with Crippen molar-refractivity contribution in [3.63, 3.8) is 0 Å². The van der Waals surface area contributed by atoms with E-state index < -0.39 is 0 Å². The number of ketones is 1. The Morgan fingerprint density at radius 2 is 1.83 bits per heavy atom. The summed E-state index contributed by atoms with van der Waals surface area (Å²) in [7, 11) is 0. The number of aromatic nitrogens is 1. The van der Waals surface area contributed by atoms with Gasteiger partial charge in [-0.1, -0.05) is 0 Å². The van der Waals surface area contributed by atoms with Crippen molar-refractivity contribution in [1.29, 1.82) is 0 Å². The molecule has 2 aliphatic rings. The summed E-state index contributed by atoms with van der Waals surface area (Å²) >= 11 is 0. The maximum atomic E-state index is 13.5. The molecule has 3 heterocycles. The Balaban J connectivity index is 0.000000960. The number of nitrogens with zero attached hydrogens (tertiary/aromatic N) is 1. The Bertz CT molecular complexity index is 713. The first kappa shape index (κ1) is 18.1. The van der Waals surface area contributed by atoms with Gasteiger partial charge < -0.3 is 5.32 Å². The van der Waals surface area contributed by atoms with Crippen molar-refractivity contribution >= 4 is 41.5 Å². The van der Waals surface area contributed by atoms with E-state index >= 15 is 0 Å². The lowest BCUT2D eigenvalue weighted by molar-refractivity contribution is 0.0877. The van der Waals surface area contributed by atoms with Gasteiger partial charge in [-0.3, -0.25) is 9.78 Å². The Labute approximate surface area is 146 Å². The molecule has 124 valence electrons. The number of Topliss-reactive ketones (excluding diaryl/α,β-unsaturated/α-hetero) is 1. The van der Waals surface area contributed by atoms with Crippen LogP contribution in [-0.4, -0.2) is 22.9 Å². The van der Waals surface area contributed by atoms with Crippen molar-refractivity contribution in [3.05, 3.63) is 41.8 Å². The van der Waals surface area contributed by atoms with Crippen molar-refractivity contribution in [1.82, 2.24) is 10.3 Å². The third kappa shape index (κ3) is 3.35. The van der Waals surface area contributed by atoms with Crippen LogP contribution in [0.1, 0.15) is 36.0 Å². The number of rotatable bonds is 2. The average Bonchev–Trinajstić information content (AvgIpc) is 2.84. The summed E-state index contributed by atoms with van der Waals surface area (Å²) in [6, 6.07) is 7.12. The van der Waals surface area contributed by atoms with Crippen LogP contribution in [0.15, 0.2) is 30.5 Å². The van der Waals surface area contributed by atoms with Gasteiger partial charge in [-0.05, 0) is 49.9 Å². The number of halogens is 3. The molecule has 2 saturated heterocycles. The summed E-state index contributed by atoms with van der Waals surface area (Å²) in [6.45, 7) is 0. The number of hydrogen-bond acceptors (Lipinski definition) is 3. The standard InChI is InChI=1S/C17H17FN2O.2ClH/c18-11-1-4-16-15(9-11)14(5-6-19-16)17(21)10-7-12-2-3-13(8-10)20-12;;/h1,4-6,9-10,12-13,20H,2-3,7-8H2;2*1H. The first-order valence-electron chi connectivity index (χ1n) is 7.55. The van der Waals surface area contributed by atoms with Crippen molar-refractivity contribution < 1.29 is 9.18 Å². The predicted octanol–water partition coefficient (Wildman–Crippen LogP) is 3.93. The van der Waals surface area contributed by atoms with Gasteiger partial charge in [0.25, 0.3) is 0 Å². The van der Waals surface area contributed by atoms with Crippen molar-refractivity contribution in [2.45, 2.75) is 37.8 Å². The lowest BCUT2D eigenvalue weighted by Crippen LogP contribution is -2.40. The lowest BCUT2D eigenvalue weighted by Gasteiger charge is -2.28. The molecule has 0 amide bonds. The van der Waals surface area contributed by atoms with Crippen LogP contribution in [0.5, 0.6) is 0 Å². The maximum absolute atomic E-state index is 13.5. The molecule has 0 radical (unpaired) electrons. The minimum atomic E-state index is -0.324. The van der Waals surface area contributed by atoms with E-state index in [1.54, 1.807) is 18.3 Å². The van der Waals surface area contributed by atoms with E-state index in [1.807, 2.05) is 0 Å². The Kier molecular flexibility index (Phi) is 5.61. The number of carbonyl (C=O) groups excluding carboxylic acids is 1. The normalized spacial score (nSPS) is 25.5. The molecule has 2 bridgehead atoms. The molecule has 0 saturated carbocycles. The van der Waals surface area contributed by atoms with Crippen LogP contribution in [0.25, 0.3) is 10.9 Å². The van der Waals surface area contributed by atoms with Gasteiger partial charge in [0.2, 0.25) is 0 Å². The Hall–Kier alpha value is -1.23. The van der Waals surface area contributed by atoms with Crippen molar-refractivity contribution in [2.75, 3.05) is 0 Å². The molecule has 2 atom stereocenters. The molecular formula is C17H19Cl2FN2O. The first-order valence-corrected chi connectivity index (χ1v) is 7.55. The lowest BCUT2D eigenvalue weighted by atomic mass is 9.85. The number of nitrogens with one attached hydrogen (secondary N) is 1. The maximum Gasteiger partial charge on any atom is 0.166 e. The third-order valence-corrected chi connectivity index (χ3v) is 4.81. The second kappa shape index (κ2) is 7.12. The molecule has 0 spiro atoms. The Morgan fingerprint density at radius 1 is 1.13 bits per heavy atom. The summed E-state index contributed by atoms with van der Waals surface area (Å²) in [4.78, 5) is 17.1. The van der Waals surface area contributed by atoms with E-state index in [9.17, 15) is 9.18 Å². The fourth-order valence-electron chi connectivity index (χ4n) is 3.82. The highest BCUT2D eigenvalue weighted by molar-refractivity contribution is 6.08. The van der Waals surface area contributed by atoms with Crippen LogP contribution in [0, 0.1) is 11.7 Å². The van der Waals surface area contributed by atoms with Crippen LogP contribution in [0.2, 0.25) is 0 Å². The Morgan fingerprint density at radius 3 is 2.52 bits per heavy atom. The van der Waals surface area contributed by atoms with Crippen LogP contribution in [0.4, 0.5) is 4.39 Å². The molecule has 4 rings (SSSR count). The second-order valence-electron chi connectivity index (χ2n) is 6.19. The fourth-order valence-corrected chi connectivity index (χ4v) is 3.82. The molecule has 1 N–H and O–H groups in total. The summed E-state index contributed by atoms with van der Waals surface area (Å²) in [5.41, 5.74) is 1.30. The van der Waals surface area contributed by atoms with E-state index in [4.69, 9.17) is 0 Å². The van der Waals surface area contributed by atoms with Gasteiger partial charge >= 0.3 is 0 Å². The van der Waals surface area contributed by atoms with Gasteiger partial charge in [-0.2, -0.15) is 0 Å². The monoisotopic (exact) mass is 356 g/mol. The molecule has 2 aromatic rings. The number of piperidine rings is 1. The molecule has 6 heteroatoms. The molecular weight excluding hydrogens is 338 g/mol. The van der Waals surface area contributed by atoms with Crippen LogP contribution in [-0.2, 0) is 0 Å². The number of hydrogen-bond donors (Lipinski definition) is 1. The molecule has 2 aliphatic heterocycles. The van der Waals surface area contributed by atoms with Gasteiger partial charge in [0, 0.05) is 35.1 Å². The quantitative estimate of drug-likeness (QED) is 0.828. The highest BCUT2D eigenvalue weighted by atomic mass is 35.5. The number of carbonyl (C=O) groups is 1. The molecule has 0 aliphatic carbocycles. The zero-order valence-electron chi connectivity index (χ0n) is 12.5. The van der Waals surface area contributed by atoms with Gasteiger partial charge in [0.05, 0.1) is 5.52 Å². The van der Waals surface area contributed by atoms with Crippen molar-refractivity contribution in [2.24, 2.45) is 5.92 Å². The number of benzene rings is 1. The predicted molar refractivity (Wildman–Crippen MR) is 93.2 cm³/mol. The van der Waals surface area contributed by atoms with E-state index in [2.05, 4.69) is 10.3 Å². The van der Waals surface area contributed by atoms with E-state index in [0.717, 1.165) is 12.8 Å². The van der Waals surface area contributed by atoms with E-state index in [-0.39, 0.29) is 42.3 Å². The van der Waals surface area contributed by atoms with Crippen LogP contribution in [0.3, 0.4) is 0 Å². The minimum absolute atomic E-state index is 0. The van der Waals surface area contributed by atoms with Crippen LogP contribution >= 0.6 is 24.8 Å². The van der Waals surface area contributed by atoms with Gasteiger partial charge in [0.15, 0.2) is 5.78 Å². The smallest absolute Gasteiger partial charge is 0.166 e. The number of pyridine rings is 1. The molecule has 2 fully saturated rings.